The summed E-state index contributed by atoms with van der Waals surface area (Å²) in [6.07, 6.45) is 8.79. The Balaban J connectivity index is 1.23. The minimum Gasteiger partial charge on any atom is -0.364 e. The van der Waals surface area contributed by atoms with Crippen molar-refractivity contribution in [2.75, 3.05) is 24.5 Å². The van der Waals surface area contributed by atoms with Gasteiger partial charge in [-0.1, -0.05) is 0 Å². The minimum atomic E-state index is -0.428. The molecule has 2 unspecified atom stereocenters. The van der Waals surface area contributed by atoms with Crippen LogP contribution in [-0.4, -0.2) is 51.6 Å². The van der Waals surface area contributed by atoms with Gasteiger partial charge in [-0.15, -0.1) is 0 Å². The molecule has 3 saturated heterocycles. The third-order valence-corrected chi connectivity index (χ3v) is 6.49. The van der Waals surface area contributed by atoms with Crippen LogP contribution in [0.5, 0.6) is 0 Å². The molecule has 0 radical (unpaired) electrons. The summed E-state index contributed by atoms with van der Waals surface area (Å²) in [5.41, 5.74) is 2.67. The quantitative estimate of drug-likeness (QED) is 0.659. The second kappa shape index (κ2) is 8.14. The van der Waals surface area contributed by atoms with Crippen molar-refractivity contribution in [3.63, 3.8) is 0 Å². The van der Waals surface area contributed by atoms with Gasteiger partial charge in [-0.05, 0) is 69.0 Å². The maximum absolute atomic E-state index is 13.2. The van der Waals surface area contributed by atoms with Gasteiger partial charge in [0.25, 0.3) is 5.56 Å². The molecule has 3 aliphatic rings. The number of fused-ring (bicyclic) bond motifs is 5. The SMILES string of the molecule is O=c1[nH]c(CCCN2CC3CCCC2CN3c2ccc(F)nc2)cc2ncccc12. The number of piperazine rings is 1. The first-order valence-electron chi connectivity index (χ1n) is 10.8. The maximum atomic E-state index is 13.2. The summed E-state index contributed by atoms with van der Waals surface area (Å²) < 4.78 is 13.2. The van der Waals surface area contributed by atoms with Crippen LogP contribution in [0.15, 0.2) is 47.5 Å². The van der Waals surface area contributed by atoms with Crippen molar-refractivity contribution in [2.45, 2.75) is 44.2 Å². The van der Waals surface area contributed by atoms with E-state index in [0.717, 1.165) is 55.8 Å². The number of rotatable bonds is 5. The fourth-order valence-electron chi connectivity index (χ4n) is 4.99. The van der Waals surface area contributed by atoms with Crippen molar-refractivity contribution in [1.29, 1.82) is 0 Å². The second-order valence-corrected chi connectivity index (χ2v) is 8.39. The van der Waals surface area contributed by atoms with Gasteiger partial charge < -0.3 is 9.88 Å². The molecule has 0 amide bonds. The van der Waals surface area contributed by atoms with Crippen molar-refractivity contribution in [3.05, 3.63) is 64.7 Å². The molecule has 2 atom stereocenters. The topological polar surface area (TPSA) is 65.1 Å². The second-order valence-electron chi connectivity index (χ2n) is 8.39. The number of anilines is 1. The Hall–Kier alpha value is -2.80. The van der Waals surface area contributed by atoms with Crippen LogP contribution >= 0.6 is 0 Å². The molecule has 6 rings (SSSR count). The minimum absolute atomic E-state index is 0.0621. The predicted molar refractivity (Wildman–Crippen MR) is 115 cm³/mol. The summed E-state index contributed by atoms with van der Waals surface area (Å²) >= 11 is 0. The summed E-state index contributed by atoms with van der Waals surface area (Å²) in [7, 11) is 0. The van der Waals surface area contributed by atoms with E-state index < -0.39 is 5.95 Å². The molecule has 30 heavy (non-hydrogen) atoms. The number of pyridine rings is 3. The largest absolute Gasteiger partial charge is 0.364 e. The Morgan fingerprint density at radius 3 is 2.90 bits per heavy atom. The van der Waals surface area contributed by atoms with Crippen LogP contribution in [0.1, 0.15) is 31.4 Å². The summed E-state index contributed by atoms with van der Waals surface area (Å²) in [4.78, 5) is 28.4. The monoisotopic (exact) mass is 407 g/mol. The smallest absolute Gasteiger partial charge is 0.257 e. The van der Waals surface area contributed by atoms with Crippen molar-refractivity contribution >= 4 is 16.6 Å². The zero-order valence-corrected chi connectivity index (χ0v) is 16.9. The van der Waals surface area contributed by atoms with Crippen LogP contribution in [-0.2, 0) is 6.42 Å². The van der Waals surface area contributed by atoms with Crippen molar-refractivity contribution < 1.29 is 4.39 Å². The number of H-pyrrole nitrogens is 1. The Bertz CT molecular complexity index is 1080. The number of aromatic nitrogens is 3. The number of nitrogens with zero attached hydrogens (tertiary/aromatic N) is 4. The molecule has 3 aromatic rings. The lowest BCUT2D eigenvalue weighted by Crippen LogP contribution is -2.56. The Morgan fingerprint density at radius 1 is 1.13 bits per heavy atom. The van der Waals surface area contributed by atoms with E-state index in [1.165, 1.54) is 18.9 Å². The first kappa shape index (κ1) is 19.2. The van der Waals surface area contributed by atoms with Gasteiger partial charge in [0.15, 0.2) is 0 Å². The van der Waals surface area contributed by atoms with Gasteiger partial charge in [-0.25, -0.2) is 4.98 Å². The summed E-state index contributed by atoms with van der Waals surface area (Å²) in [5, 5.41) is 0.640. The van der Waals surface area contributed by atoms with Gasteiger partial charge in [-0.2, -0.15) is 4.39 Å². The van der Waals surface area contributed by atoms with E-state index in [-0.39, 0.29) is 5.56 Å². The fraction of sp³-hybridized carbons (Fsp3) is 0.435. The molecule has 156 valence electrons. The molecule has 3 aromatic heterocycles. The molecular formula is C23H26FN5O. The van der Waals surface area contributed by atoms with Crippen LogP contribution < -0.4 is 10.5 Å². The average Bonchev–Trinajstić information content (AvgIpc) is 3.08. The van der Waals surface area contributed by atoms with Gasteiger partial charge >= 0.3 is 0 Å². The van der Waals surface area contributed by atoms with Gasteiger partial charge in [0.05, 0.1) is 22.8 Å². The van der Waals surface area contributed by atoms with Crippen LogP contribution in [0.2, 0.25) is 0 Å². The molecule has 6 nitrogen and oxygen atoms in total. The molecule has 2 bridgehead atoms. The molecule has 6 heterocycles. The predicted octanol–water partition coefficient (Wildman–Crippen LogP) is 3.13. The van der Waals surface area contributed by atoms with Gasteiger partial charge in [0, 0.05) is 37.1 Å². The number of aromatic amines is 1. The third-order valence-electron chi connectivity index (χ3n) is 6.49. The Labute approximate surface area is 174 Å². The van der Waals surface area contributed by atoms with E-state index in [0.29, 0.717) is 17.5 Å². The first-order chi connectivity index (χ1) is 14.7. The number of hydrogen-bond acceptors (Lipinski definition) is 5. The average molecular weight is 407 g/mol. The van der Waals surface area contributed by atoms with Gasteiger partial charge in [-0.3, -0.25) is 14.7 Å². The van der Waals surface area contributed by atoms with Gasteiger partial charge in [0.1, 0.15) is 0 Å². The molecule has 0 spiro atoms. The molecule has 0 aliphatic carbocycles. The van der Waals surface area contributed by atoms with E-state index in [9.17, 15) is 9.18 Å². The highest BCUT2D eigenvalue weighted by atomic mass is 19.1. The molecule has 1 N–H and O–H groups in total. The Kier molecular flexibility index (Phi) is 5.21. The number of hydrogen-bond donors (Lipinski definition) is 1. The third kappa shape index (κ3) is 3.81. The molecule has 3 aliphatic heterocycles. The normalized spacial score (nSPS) is 21.8. The molecule has 7 heteroatoms. The fourth-order valence-corrected chi connectivity index (χ4v) is 4.99. The lowest BCUT2D eigenvalue weighted by molar-refractivity contribution is 0.161. The van der Waals surface area contributed by atoms with Crippen LogP contribution in [0.25, 0.3) is 10.9 Å². The van der Waals surface area contributed by atoms with E-state index in [4.69, 9.17) is 0 Å². The number of nitrogens with one attached hydrogen (secondary N) is 1. The van der Waals surface area contributed by atoms with E-state index in [1.807, 2.05) is 12.1 Å². The highest BCUT2D eigenvalue weighted by Gasteiger charge is 2.36. The van der Waals surface area contributed by atoms with E-state index in [2.05, 4.69) is 24.8 Å². The summed E-state index contributed by atoms with van der Waals surface area (Å²) in [6.45, 7) is 3.01. The zero-order valence-electron chi connectivity index (χ0n) is 16.9. The van der Waals surface area contributed by atoms with E-state index in [1.54, 1.807) is 24.5 Å². The number of halogens is 1. The van der Waals surface area contributed by atoms with Crippen molar-refractivity contribution in [3.8, 4) is 0 Å². The highest BCUT2D eigenvalue weighted by molar-refractivity contribution is 5.77. The van der Waals surface area contributed by atoms with Crippen LogP contribution in [0, 0.1) is 5.95 Å². The van der Waals surface area contributed by atoms with E-state index >= 15 is 0 Å². The Morgan fingerprint density at radius 2 is 2.03 bits per heavy atom. The first-order valence-corrected chi connectivity index (χ1v) is 10.8. The number of aryl methyl sites for hydroxylation is 1. The van der Waals surface area contributed by atoms with Crippen molar-refractivity contribution in [2.24, 2.45) is 0 Å². The van der Waals surface area contributed by atoms with Crippen LogP contribution in [0.4, 0.5) is 10.1 Å². The summed E-state index contributed by atoms with van der Waals surface area (Å²) in [5.74, 6) is -0.428. The highest BCUT2D eigenvalue weighted by Crippen LogP contribution is 2.31. The molecule has 0 aromatic carbocycles. The molecule has 3 fully saturated rings. The standard InChI is InChI=1S/C23H26FN5O/c24-22-9-8-17(13-26-22)29-15-18-5-1-6-19(29)14-28(18)11-3-4-16-12-21-20(23(30)27-16)7-2-10-25-21/h2,7-10,12-13,18-19H,1,3-6,11,14-15H2,(H,27,30). The maximum Gasteiger partial charge on any atom is 0.257 e. The molecule has 0 saturated carbocycles. The zero-order chi connectivity index (χ0) is 20.5. The lowest BCUT2D eigenvalue weighted by atomic mass is 10.1. The van der Waals surface area contributed by atoms with Crippen LogP contribution in [0.3, 0.4) is 0 Å². The van der Waals surface area contributed by atoms with Crippen molar-refractivity contribution in [1.82, 2.24) is 19.9 Å². The summed E-state index contributed by atoms with van der Waals surface area (Å²) in [6, 6.07) is 9.83. The lowest BCUT2D eigenvalue weighted by Gasteiger charge is -2.45. The van der Waals surface area contributed by atoms with Gasteiger partial charge in [0.2, 0.25) is 5.95 Å². The molecular weight excluding hydrogens is 381 g/mol.